The van der Waals surface area contributed by atoms with Crippen molar-refractivity contribution in [3.63, 3.8) is 0 Å². The van der Waals surface area contributed by atoms with Gasteiger partial charge in [0.15, 0.2) is 0 Å². The second-order valence-corrected chi connectivity index (χ2v) is 8.64. The van der Waals surface area contributed by atoms with Crippen LogP contribution >= 0.6 is 0 Å². The lowest BCUT2D eigenvalue weighted by Crippen LogP contribution is -2.46. The highest BCUT2D eigenvalue weighted by Gasteiger charge is 2.34. The van der Waals surface area contributed by atoms with E-state index in [0.717, 1.165) is 4.31 Å². The van der Waals surface area contributed by atoms with E-state index in [1.807, 2.05) is 6.07 Å². The van der Waals surface area contributed by atoms with Crippen molar-refractivity contribution in [1.29, 1.82) is 5.26 Å². The fourth-order valence-corrected chi connectivity index (χ4v) is 4.74. The molecule has 1 fully saturated rings. The first-order chi connectivity index (χ1) is 9.75. The van der Waals surface area contributed by atoms with Gasteiger partial charge < -0.3 is 0 Å². The molecule has 1 aliphatic rings. The van der Waals surface area contributed by atoms with Gasteiger partial charge in [0, 0.05) is 13.1 Å². The van der Waals surface area contributed by atoms with Gasteiger partial charge in [0.2, 0.25) is 20.0 Å². The third-order valence-electron chi connectivity index (χ3n) is 3.43. The first kappa shape index (κ1) is 15.9. The normalized spacial score (nSPS) is 20.9. The molecule has 0 aromatic heterocycles. The van der Waals surface area contributed by atoms with Crippen molar-refractivity contribution in [2.75, 3.05) is 13.1 Å². The van der Waals surface area contributed by atoms with Crippen molar-refractivity contribution >= 4 is 20.0 Å². The van der Waals surface area contributed by atoms with Crippen molar-refractivity contribution in [3.8, 4) is 6.07 Å². The molecule has 1 atom stereocenters. The number of sulfonamides is 2. The molecule has 0 radical (unpaired) electrons. The molecule has 1 aliphatic heterocycles. The molecule has 1 unspecified atom stereocenters. The Morgan fingerprint density at radius 1 is 1.19 bits per heavy atom. The number of hydrogen-bond acceptors (Lipinski definition) is 5. The maximum absolute atomic E-state index is 12.5. The molecule has 1 aromatic carbocycles. The molecule has 2 N–H and O–H groups in total. The Morgan fingerprint density at radius 3 is 2.33 bits per heavy atom. The predicted molar refractivity (Wildman–Crippen MR) is 76.0 cm³/mol. The molecule has 1 saturated heterocycles. The van der Waals surface area contributed by atoms with Gasteiger partial charge in [-0.2, -0.15) is 9.57 Å². The van der Waals surface area contributed by atoms with Crippen LogP contribution in [0.2, 0.25) is 0 Å². The summed E-state index contributed by atoms with van der Waals surface area (Å²) >= 11 is 0. The Hall–Kier alpha value is -1.47. The third-order valence-corrected chi connectivity index (χ3v) is 6.62. The van der Waals surface area contributed by atoms with Gasteiger partial charge in [0.05, 0.1) is 21.8 Å². The van der Waals surface area contributed by atoms with Crippen LogP contribution in [0.3, 0.4) is 0 Å². The minimum absolute atomic E-state index is 0.0385. The summed E-state index contributed by atoms with van der Waals surface area (Å²) in [6.45, 7) is 0.121. The van der Waals surface area contributed by atoms with Crippen LogP contribution in [0.4, 0.5) is 0 Å². The summed E-state index contributed by atoms with van der Waals surface area (Å²) in [6, 6.07) is 7.41. The zero-order valence-corrected chi connectivity index (χ0v) is 12.8. The summed E-state index contributed by atoms with van der Waals surface area (Å²) in [6.07, 6.45) is 0.800. The van der Waals surface area contributed by atoms with Crippen LogP contribution in [-0.2, 0) is 20.0 Å². The molecule has 0 aliphatic carbocycles. The van der Waals surface area contributed by atoms with Gasteiger partial charge >= 0.3 is 0 Å². The van der Waals surface area contributed by atoms with E-state index in [2.05, 4.69) is 0 Å². The van der Waals surface area contributed by atoms with Crippen LogP contribution in [0.15, 0.2) is 29.2 Å². The molecule has 2 rings (SSSR count). The molecule has 7 nitrogen and oxygen atoms in total. The van der Waals surface area contributed by atoms with Crippen molar-refractivity contribution in [3.05, 3.63) is 29.8 Å². The van der Waals surface area contributed by atoms with Gasteiger partial charge in [0.25, 0.3) is 0 Å². The minimum atomic E-state index is -3.78. The number of benzene rings is 1. The van der Waals surface area contributed by atoms with E-state index in [-0.39, 0.29) is 18.0 Å². The zero-order chi connectivity index (χ0) is 15.7. The Balaban J connectivity index is 2.28. The van der Waals surface area contributed by atoms with Gasteiger partial charge in [-0.05, 0) is 37.1 Å². The first-order valence-electron chi connectivity index (χ1n) is 6.27. The smallest absolute Gasteiger partial charge is 0.228 e. The van der Waals surface area contributed by atoms with Gasteiger partial charge in [-0.15, -0.1) is 0 Å². The lowest BCUT2D eigenvalue weighted by Gasteiger charge is -2.30. The molecule has 0 bridgehead atoms. The number of rotatable bonds is 3. The Bertz CT molecular complexity index is 764. The van der Waals surface area contributed by atoms with Crippen molar-refractivity contribution in [1.82, 2.24) is 4.31 Å². The fourth-order valence-electron chi connectivity index (χ4n) is 2.24. The first-order valence-corrected chi connectivity index (χ1v) is 9.32. The van der Waals surface area contributed by atoms with E-state index < -0.39 is 25.3 Å². The highest BCUT2D eigenvalue weighted by molar-refractivity contribution is 7.90. The standard InChI is InChI=1S/C12H15N3O4S2/c13-8-10-3-5-11(6-4-10)21(18,19)15-7-1-2-12(9-15)20(14,16)17/h3-6,12H,1-2,7,9H2,(H2,14,16,17). The number of nitriles is 1. The summed E-state index contributed by atoms with van der Waals surface area (Å²) in [5.74, 6) is 0. The number of piperidine rings is 1. The van der Waals surface area contributed by atoms with E-state index in [0.29, 0.717) is 18.4 Å². The van der Waals surface area contributed by atoms with E-state index in [4.69, 9.17) is 10.4 Å². The molecule has 1 aromatic rings. The van der Waals surface area contributed by atoms with E-state index >= 15 is 0 Å². The number of nitrogens with zero attached hydrogens (tertiary/aromatic N) is 2. The lowest BCUT2D eigenvalue weighted by atomic mass is 10.2. The van der Waals surface area contributed by atoms with Crippen LogP contribution < -0.4 is 5.14 Å². The van der Waals surface area contributed by atoms with Gasteiger partial charge in [-0.3, -0.25) is 0 Å². The molecule has 0 saturated carbocycles. The molecule has 1 heterocycles. The summed E-state index contributed by atoms with van der Waals surface area (Å²) < 4.78 is 48.9. The molecule has 21 heavy (non-hydrogen) atoms. The molecule has 114 valence electrons. The van der Waals surface area contributed by atoms with Crippen LogP contribution in [-0.4, -0.2) is 39.5 Å². The number of nitrogens with two attached hydrogens (primary N) is 1. The third kappa shape index (κ3) is 3.41. The Morgan fingerprint density at radius 2 is 1.81 bits per heavy atom. The molecule has 0 spiro atoms. The zero-order valence-electron chi connectivity index (χ0n) is 11.1. The van der Waals surface area contributed by atoms with Crippen LogP contribution in [0.1, 0.15) is 18.4 Å². The van der Waals surface area contributed by atoms with Crippen LogP contribution in [0, 0.1) is 11.3 Å². The van der Waals surface area contributed by atoms with E-state index in [9.17, 15) is 16.8 Å². The SMILES string of the molecule is N#Cc1ccc(S(=O)(=O)N2CCCC(S(N)(=O)=O)C2)cc1. The average Bonchev–Trinajstić information content (AvgIpc) is 2.46. The molecule has 9 heteroatoms. The molecular weight excluding hydrogens is 314 g/mol. The van der Waals surface area contributed by atoms with Crippen LogP contribution in [0.25, 0.3) is 0 Å². The maximum atomic E-state index is 12.5. The average molecular weight is 329 g/mol. The highest BCUT2D eigenvalue weighted by atomic mass is 32.2. The Labute approximate surface area is 124 Å². The van der Waals surface area contributed by atoms with Crippen LogP contribution in [0.5, 0.6) is 0 Å². The van der Waals surface area contributed by atoms with Crippen molar-refractivity contribution in [2.45, 2.75) is 23.0 Å². The van der Waals surface area contributed by atoms with Gasteiger partial charge in [-0.1, -0.05) is 0 Å². The largest absolute Gasteiger partial charge is 0.243 e. The lowest BCUT2D eigenvalue weighted by molar-refractivity contribution is 0.346. The summed E-state index contributed by atoms with van der Waals surface area (Å²) in [5.41, 5.74) is 0.356. The summed E-state index contributed by atoms with van der Waals surface area (Å²) in [5, 5.41) is 12.9. The monoisotopic (exact) mass is 329 g/mol. The van der Waals surface area contributed by atoms with Gasteiger partial charge in [-0.25, -0.2) is 22.0 Å². The highest BCUT2D eigenvalue weighted by Crippen LogP contribution is 2.23. The minimum Gasteiger partial charge on any atom is -0.228 e. The second kappa shape index (κ2) is 5.73. The van der Waals surface area contributed by atoms with Crippen molar-refractivity contribution in [2.24, 2.45) is 5.14 Å². The number of hydrogen-bond donors (Lipinski definition) is 1. The quantitative estimate of drug-likeness (QED) is 0.836. The van der Waals surface area contributed by atoms with E-state index in [1.54, 1.807) is 0 Å². The topological polar surface area (TPSA) is 121 Å². The second-order valence-electron chi connectivity index (χ2n) is 4.85. The summed E-state index contributed by atoms with van der Waals surface area (Å²) in [7, 11) is -7.54. The predicted octanol–water partition coefficient (Wildman–Crippen LogP) is -0.000120. The molecule has 0 amide bonds. The van der Waals surface area contributed by atoms with E-state index in [1.165, 1.54) is 24.3 Å². The molecular formula is C12H15N3O4S2. The van der Waals surface area contributed by atoms with Gasteiger partial charge in [0.1, 0.15) is 0 Å². The summed E-state index contributed by atoms with van der Waals surface area (Å²) in [4.78, 5) is 0.0385. The Kier molecular flexibility index (Phi) is 4.34. The fraction of sp³-hybridized carbons (Fsp3) is 0.417. The maximum Gasteiger partial charge on any atom is 0.243 e. The number of primary sulfonamides is 1. The van der Waals surface area contributed by atoms with Crippen molar-refractivity contribution < 1.29 is 16.8 Å².